The van der Waals surface area contributed by atoms with Crippen molar-refractivity contribution in [1.29, 1.82) is 0 Å². The number of rotatable bonds is 4. The molecule has 4 heteroatoms. The molecule has 1 aliphatic rings. The lowest BCUT2D eigenvalue weighted by Gasteiger charge is -2.19. The molecule has 1 rings (SSSR count). The molecular formula is C11H20N2O2. The van der Waals surface area contributed by atoms with Gasteiger partial charge in [0.2, 0.25) is 0 Å². The van der Waals surface area contributed by atoms with Gasteiger partial charge in [-0.3, -0.25) is 4.99 Å². The maximum absolute atomic E-state index is 11.5. The molecule has 0 saturated carbocycles. The maximum Gasteiger partial charge on any atom is 0.328 e. The fourth-order valence-corrected chi connectivity index (χ4v) is 1.69. The first-order valence-corrected chi connectivity index (χ1v) is 5.51. The van der Waals surface area contributed by atoms with E-state index in [0.29, 0.717) is 5.92 Å². The maximum atomic E-state index is 11.5. The van der Waals surface area contributed by atoms with Crippen LogP contribution in [0.25, 0.3) is 0 Å². The number of amidine groups is 1. The van der Waals surface area contributed by atoms with E-state index in [-0.39, 0.29) is 12.0 Å². The van der Waals surface area contributed by atoms with Crippen LogP contribution in [0.3, 0.4) is 0 Å². The normalized spacial score (nSPS) is 17.5. The van der Waals surface area contributed by atoms with Crippen LogP contribution in [0, 0.1) is 5.92 Å². The molecule has 0 saturated heterocycles. The zero-order chi connectivity index (χ0) is 11.3. The molecule has 4 nitrogen and oxygen atoms in total. The van der Waals surface area contributed by atoms with Crippen LogP contribution in [0.1, 0.15) is 33.1 Å². The monoisotopic (exact) mass is 212 g/mol. The first-order valence-electron chi connectivity index (χ1n) is 5.51. The fraction of sp³-hybridized carbons (Fsp3) is 0.818. The molecule has 1 atom stereocenters. The molecule has 0 fully saturated rings. The Morgan fingerprint density at radius 2 is 2.33 bits per heavy atom. The highest BCUT2D eigenvalue weighted by molar-refractivity contribution is 5.88. The zero-order valence-corrected chi connectivity index (χ0v) is 9.75. The summed E-state index contributed by atoms with van der Waals surface area (Å²) in [6, 6.07) is -0.244. The summed E-state index contributed by atoms with van der Waals surface area (Å²) in [6.45, 7) is 5.06. The van der Waals surface area contributed by atoms with E-state index in [9.17, 15) is 4.79 Å². The summed E-state index contributed by atoms with van der Waals surface area (Å²) >= 11 is 0. The summed E-state index contributed by atoms with van der Waals surface area (Å²) in [6.07, 6.45) is 2.81. The second-order valence-corrected chi connectivity index (χ2v) is 4.28. The summed E-state index contributed by atoms with van der Waals surface area (Å²) in [7, 11) is 1.42. The van der Waals surface area contributed by atoms with Gasteiger partial charge in [-0.2, -0.15) is 0 Å². The molecule has 15 heavy (non-hydrogen) atoms. The van der Waals surface area contributed by atoms with Gasteiger partial charge in [0.25, 0.3) is 0 Å². The number of nitrogens with zero attached hydrogens (tertiary/aromatic N) is 1. The third kappa shape index (κ3) is 3.90. The summed E-state index contributed by atoms with van der Waals surface area (Å²) in [5, 5.41) is 3.17. The average molecular weight is 212 g/mol. The number of carbonyl (C=O) groups excluding carboxylic acids is 1. The summed E-state index contributed by atoms with van der Waals surface area (Å²) in [4.78, 5) is 15.8. The van der Waals surface area contributed by atoms with Crippen molar-refractivity contribution in [2.24, 2.45) is 10.9 Å². The molecule has 0 aromatic carbocycles. The van der Waals surface area contributed by atoms with Gasteiger partial charge < -0.3 is 10.1 Å². The lowest BCUT2D eigenvalue weighted by atomic mass is 10.0. The van der Waals surface area contributed by atoms with E-state index >= 15 is 0 Å². The van der Waals surface area contributed by atoms with Gasteiger partial charge in [-0.05, 0) is 18.8 Å². The van der Waals surface area contributed by atoms with Gasteiger partial charge in [0, 0.05) is 13.0 Å². The minimum atomic E-state index is -0.244. The lowest BCUT2D eigenvalue weighted by Crippen LogP contribution is -2.41. The molecule has 0 amide bonds. The van der Waals surface area contributed by atoms with E-state index in [0.717, 1.165) is 31.6 Å². The average Bonchev–Trinajstić information content (AvgIpc) is 2.67. The van der Waals surface area contributed by atoms with E-state index < -0.39 is 0 Å². The number of esters is 1. The molecule has 0 spiro atoms. The predicted octanol–water partition coefficient (Wildman–Crippen LogP) is 1.36. The molecule has 0 aromatic rings. The molecule has 1 unspecified atom stereocenters. The Bertz CT molecular complexity index is 249. The van der Waals surface area contributed by atoms with Gasteiger partial charge in [-0.15, -0.1) is 0 Å². The highest BCUT2D eigenvalue weighted by Gasteiger charge is 2.22. The number of hydrogen-bond acceptors (Lipinski definition) is 4. The number of nitrogens with one attached hydrogen (secondary N) is 1. The van der Waals surface area contributed by atoms with Crippen LogP contribution in [0.5, 0.6) is 0 Å². The van der Waals surface area contributed by atoms with Crippen LogP contribution in [0.4, 0.5) is 0 Å². The van der Waals surface area contributed by atoms with Crippen LogP contribution in [0.15, 0.2) is 4.99 Å². The van der Waals surface area contributed by atoms with Crippen molar-refractivity contribution in [3.05, 3.63) is 0 Å². The van der Waals surface area contributed by atoms with Gasteiger partial charge in [0.05, 0.1) is 12.9 Å². The minimum absolute atomic E-state index is 0.196. The van der Waals surface area contributed by atoms with Crippen LogP contribution in [0.2, 0.25) is 0 Å². The Kier molecular flexibility index (Phi) is 4.59. The van der Waals surface area contributed by atoms with Gasteiger partial charge in [0.1, 0.15) is 6.04 Å². The molecular weight excluding hydrogens is 192 g/mol. The Morgan fingerprint density at radius 3 is 2.80 bits per heavy atom. The Hall–Kier alpha value is -1.06. The number of aliphatic imine (C=N–C) groups is 1. The number of ether oxygens (including phenoxy) is 1. The van der Waals surface area contributed by atoms with Crippen molar-refractivity contribution < 1.29 is 9.53 Å². The Balaban J connectivity index is 2.51. The number of hydrogen-bond donors (Lipinski definition) is 1. The number of carbonyl (C=O) groups is 1. The second-order valence-electron chi connectivity index (χ2n) is 4.28. The third-order valence-corrected chi connectivity index (χ3v) is 2.41. The lowest BCUT2D eigenvalue weighted by molar-refractivity contribution is -0.143. The van der Waals surface area contributed by atoms with Crippen LogP contribution in [-0.2, 0) is 9.53 Å². The molecule has 0 radical (unpaired) electrons. The predicted molar refractivity (Wildman–Crippen MR) is 59.9 cm³/mol. The van der Waals surface area contributed by atoms with Crippen LogP contribution < -0.4 is 5.32 Å². The largest absolute Gasteiger partial charge is 0.467 e. The molecule has 0 aliphatic carbocycles. The molecule has 0 bridgehead atoms. The van der Waals surface area contributed by atoms with Crippen molar-refractivity contribution in [1.82, 2.24) is 5.32 Å². The second kappa shape index (κ2) is 5.73. The van der Waals surface area contributed by atoms with E-state index in [2.05, 4.69) is 24.2 Å². The van der Waals surface area contributed by atoms with E-state index in [1.165, 1.54) is 7.11 Å². The van der Waals surface area contributed by atoms with Gasteiger partial charge in [-0.25, -0.2) is 4.79 Å². The summed E-state index contributed by atoms with van der Waals surface area (Å²) in [5.41, 5.74) is 0. The SMILES string of the molecule is COC(=O)C(CC(C)C)NC1=NCCC1. The molecule has 0 aromatic heterocycles. The first kappa shape index (κ1) is 12.0. The summed E-state index contributed by atoms with van der Waals surface area (Å²) in [5.74, 6) is 1.22. The van der Waals surface area contributed by atoms with Crippen LogP contribution in [-0.4, -0.2) is 31.5 Å². The molecule has 1 heterocycles. The Labute approximate surface area is 91.1 Å². The third-order valence-electron chi connectivity index (χ3n) is 2.41. The number of methoxy groups -OCH3 is 1. The van der Waals surface area contributed by atoms with Crippen molar-refractivity contribution in [2.45, 2.75) is 39.2 Å². The van der Waals surface area contributed by atoms with Crippen molar-refractivity contribution in [3.63, 3.8) is 0 Å². The molecule has 1 aliphatic heterocycles. The van der Waals surface area contributed by atoms with E-state index in [1.54, 1.807) is 0 Å². The molecule has 1 N–H and O–H groups in total. The zero-order valence-electron chi connectivity index (χ0n) is 9.75. The van der Waals surface area contributed by atoms with Gasteiger partial charge in [-0.1, -0.05) is 13.8 Å². The Morgan fingerprint density at radius 1 is 1.60 bits per heavy atom. The van der Waals surface area contributed by atoms with E-state index in [4.69, 9.17) is 4.74 Å². The smallest absolute Gasteiger partial charge is 0.328 e. The van der Waals surface area contributed by atoms with Crippen molar-refractivity contribution >= 4 is 11.8 Å². The minimum Gasteiger partial charge on any atom is -0.467 e. The first-order chi connectivity index (χ1) is 7.13. The summed E-state index contributed by atoms with van der Waals surface area (Å²) < 4.78 is 4.77. The van der Waals surface area contributed by atoms with Gasteiger partial charge in [0.15, 0.2) is 0 Å². The van der Waals surface area contributed by atoms with Gasteiger partial charge >= 0.3 is 5.97 Å². The standard InChI is InChI=1S/C11H20N2O2/c1-8(2)7-9(11(14)15-3)13-10-5-4-6-12-10/h8-9H,4-7H2,1-3H3,(H,12,13). The molecule has 86 valence electrons. The topological polar surface area (TPSA) is 50.7 Å². The highest BCUT2D eigenvalue weighted by atomic mass is 16.5. The highest BCUT2D eigenvalue weighted by Crippen LogP contribution is 2.09. The van der Waals surface area contributed by atoms with Crippen LogP contribution >= 0.6 is 0 Å². The van der Waals surface area contributed by atoms with Crippen molar-refractivity contribution in [3.8, 4) is 0 Å². The van der Waals surface area contributed by atoms with E-state index in [1.807, 2.05) is 0 Å². The van der Waals surface area contributed by atoms with Crippen molar-refractivity contribution in [2.75, 3.05) is 13.7 Å². The quantitative estimate of drug-likeness (QED) is 0.716. The fourth-order valence-electron chi connectivity index (χ4n) is 1.69.